The first-order valence-electron chi connectivity index (χ1n) is 10.9. The summed E-state index contributed by atoms with van der Waals surface area (Å²) in [6, 6.07) is 7.62. The van der Waals surface area contributed by atoms with Crippen LogP contribution >= 0.6 is 11.3 Å². The Hall–Kier alpha value is -4.44. The topological polar surface area (TPSA) is 133 Å². The third kappa shape index (κ3) is 5.76. The molecule has 1 amide bonds. The standard InChI is InChI=1S/C24H17F4N3O7S2/c1-36-16-8-11(40(34,35)31-15-6-4-3-5-13(15)25)7-12(22(16)37-2)23(33)38-10-18(32)29-24-30-21-17(39-24)9-14(26)19(27)20(21)28/h3-9,31H,10H2,1-2H3,(H,29,30,32). The molecule has 0 unspecified atom stereocenters. The number of esters is 1. The summed E-state index contributed by atoms with van der Waals surface area (Å²) in [5.41, 5.74) is -1.30. The van der Waals surface area contributed by atoms with Gasteiger partial charge >= 0.3 is 5.97 Å². The van der Waals surface area contributed by atoms with Crippen molar-refractivity contribution in [3.8, 4) is 11.5 Å². The number of thiazole rings is 1. The third-order valence-corrected chi connectivity index (χ3v) is 7.47. The molecule has 0 aliphatic carbocycles. The number of amides is 1. The van der Waals surface area contributed by atoms with E-state index < -0.39 is 67.8 Å². The quantitative estimate of drug-likeness (QED) is 0.164. The van der Waals surface area contributed by atoms with E-state index in [2.05, 4.69) is 15.0 Å². The van der Waals surface area contributed by atoms with Gasteiger partial charge < -0.3 is 14.2 Å². The summed E-state index contributed by atoms with van der Waals surface area (Å²) in [6.45, 7) is -0.921. The lowest BCUT2D eigenvalue weighted by molar-refractivity contribution is -0.119. The summed E-state index contributed by atoms with van der Waals surface area (Å²) in [5, 5.41) is 1.98. The number of carbonyl (C=O) groups is 2. The first-order valence-corrected chi connectivity index (χ1v) is 13.2. The van der Waals surface area contributed by atoms with Crippen molar-refractivity contribution in [3.05, 3.63) is 71.3 Å². The first-order chi connectivity index (χ1) is 18.9. The number of nitrogens with zero attached hydrogens (tertiary/aromatic N) is 1. The molecule has 1 heterocycles. The van der Waals surface area contributed by atoms with Crippen molar-refractivity contribution in [3.63, 3.8) is 0 Å². The van der Waals surface area contributed by atoms with Gasteiger partial charge in [-0.05, 0) is 24.3 Å². The molecular formula is C24H17F4N3O7S2. The molecule has 0 bridgehead atoms. The second-order valence-electron chi connectivity index (χ2n) is 7.77. The first kappa shape index (κ1) is 28.6. The molecule has 0 fully saturated rings. The van der Waals surface area contributed by atoms with Crippen LogP contribution in [0.3, 0.4) is 0 Å². The molecule has 0 saturated heterocycles. The highest BCUT2D eigenvalue weighted by Crippen LogP contribution is 2.35. The molecule has 40 heavy (non-hydrogen) atoms. The molecule has 10 nitrogen and oxygen atoms in total. The summed E-state index contributed by atoms with van der Waals surface area (Å²) in [5.74, 6) is -8.09. The van der Waals surface area contributed by atoms with Gasteiger partial charge in [-0.15, -0.1) is 0 Å². The van der Waals surface area contributed by atoms with Crippen molar-refractivity contribution >= 4 is 54.3 Å². The zero-order valence-corrected chi connectivity index (χ0v) is 22.0. The van der Waals surface area contributed by atoms with E-state index in [4.69, 9.17) is 14.2 Å². The number of para-hydroxylation sites is 1. The fourth-order valence-electron chi connectivity index (χ4n) is 3.39. The molecule has 1 aromatic heterocycles. The minimum atomic E-state index is -4.45. The van der Waals surface area contributed by atoms with Gasteiger partial charge in [-0.2, -0.15) is 0 Å². The largest absolute Gasteiger partial charge is 0.493 e. The van der Waals surface area contributed by atoms with E-state index >= 15 is 0 Å². The highest BCUT2D eigenvalue weighted by Gasteiger charge is 2.26. The second kappa shape index (κ2) is 11.4. The normalized spacial score (nSPS) is 11.2. The molecule has 3 aromatic carbocycles. The van der Waals surface area contributed by atoms with E-state index in [0.29, 0.717) is 17.4 Å². The molecule has 0 saturated carbocycles. The smallest absolute Gasteiger partial charge is 0.342 e. The zero-order valence-electron chi connectivity index (χ0n) is 20.4. The van der Waals surface area contributed by atoms with Crippen molar-refractivity contribution in [2.75, 3.05) is 30.9 Å². The molecule has 0 spiro atoms. The molecule has 4 aromatic rings. The summed E-state index contributed by atoms with van der Waals surface area (Å²) in [7, 11) is -2.10. The van der Waals surface area contributed by atoms with Gasteiger partial charge in [0.1, 0.15) is 16.9 Å². The van der Waals surface area contributed by atoms with Gasteiger partial charge in [-0.25, -0.2) is 35.8 Å². The van der Waals surface area contributed by atoms with Crippen LogP contribution in [0.15, 0.2) is 47.4 Å². The number of sulfonamides is 1. The van der Waals surface area contributed by atoms with E-state index in [-0.39, 0.29) is 27.0 Å². The Morgan fingerprint density at radius 1 is 0.975 bits per heavy atom. The molecule has 2 N–H and O–H groups in total. The van der Waals surface area contributed by atoms with Crippen molar-refractivity contribution in [2.24, 2.45) is 0 Å². The molecule has 4 rings (SSSR count). The molecule has 0 radical (unpaired) electrons. The average molecular weight is 600 g/mol. The van der Waals surface area contributed by atoms with Crippen molar-refractivity contribution in [2.45, 2.75) is 4.90 Å². The van der Waals surface area contributed by atoms with E-state index in [1.54, 1.807) is 0 Å². The Morgan fingerprint density at radius 3 is 2.38 bits per heavy atom. The highest BCUT2D eigenvalue weighted by molar-refractivity contribution is 7.92. The van der Waals surface area contributed by atoms with Gasteiger partial charge in [0.05, 0.1) is 29.5 Å². The Morgan fingerprint density at radius 2 is 1.70 bits per heavy atom. The van der Waals surface area contributed by atoms with Gasteiger partial charge in [-0.1, -0.05) is 23.5 Å². The highest BCUT2D eigenvalue weighted by atomic mass is 32.2. The Labute approximate surface area is 227 Å². The number of hydrogen-bond donors (Lipinski definition) is 2. The number of fused-ring (bicyclic) bond motifs is 1. The molecule has 16 heteroatoms. The number of carbonyl (C=O) groups excluding carboxylic acids is 2. The van der Waals surface area contributed by atoms with Crippen molar-refractivity contribution in [1.82, 2.24) is 4.98 Å². The minimum Gasteiger partial charge on any atom is -0.493 e. The van der Waals surface area contributed by atoms with Crippen LogP contribution in [0.1, 0.15) is 10.4 Å². The molecule has 0 aliphatic rings. The van der Waals surface area contributed by atoms with E-state index in [1.807, 2.05) is 0 Å². The number of hydrogen-bond acceptors (Lipinski definition) is 9. The van der Waals surface area contributed by atoms with Crippen LogP contribution in [0.25, 0.3) is 10.2 Å². The van der Waals surface area contributed by atoms with E-state index in [1.165, 1.54) is 32.4 Å². The van der Waals surface area contributed by atoms with Gasteiger partial charge in [0.25, 0.3) is 15.9 Å². The molecule has 0 aliphatic heterocycles. The van der Waals surface area contributed by atoms with Crippen LogP contribution in [0.5, 0.6) is 11.5 Å². The van der Waals surface area contributed by atoms with Crippen LogP contribution in [0.2, 0.25) is 0 Å². The van der Waals surface area contributed by atoms with Crippen LogP contribution in [0, 0.1) is 23.3 Å². The maximum absolute atomic E-state index is 14.0. The summed E-state index contributed by atoms with van der Waals surface area (Å²) in [6.07, 6.45) is 0. The molecule has 0 atom stereocenters. The van der Waals surface area contributed by atoms with Gasteiger partial charge in [0, 0.05) is 6.07 Å². The van der Waals surface area contributed by atoms with Crippen LogP contribution in [0.4, 0.5) is 28.4 Å². The lowest BCUT2D eigenvalue weighted by Crippen LogP contribution is -2.21. The molecular weight excluding hydrogens is 582 g/mol. The Kier molecular flexibility index (Phi) is 8.11. The van der Waals surface area contributed by atoms with Crippen LogP contribution in [-0.4, -0.2) is 46.1 Å². The number of rotatable bonds is 9. The third-order valence-electron chi connectivity index (χ3n) is 5.20. The van der Waals surface area contributed by atoms with Crippen LogP contribution in [-0.2, 0) is 19.6 Å². The average Bonchev–Trinajstić information content (AvgIpc) is 3.32. The summed E-state index contributed by atoms with van der Waals surface area (Å²) >= 11 is 0.644. The van der Waals surface area contributed by atoms with Crippen LogP contribution < -0.4 is 19.5 Å². The predicted octanol–water partition coefficient (Wildman–Crippen LogP) is 4.47. The fraction of sp³-hybridized carbons (Fsp3) is 0.125. The number of halogens is 4. The van der Waals surface area contributed by atoms with Gasteiger partial charge in [-0.3, -0.25) is 14.8 Å². The molecule has 210 valence electrons. The predicted molar refractivity (Wildman–Crippen MR) is 135 cm³/mol. The van der Waals surface area contributed by atoms with Crippen molar-refractivity contribution < 1.29 is 49.8 Å². The number of ether oxygens (including phenoxy) is 3. The zero-order chi connectivity index (χ0) is 29.2. The maximum atomic E-state index is 14.0. The lowest BCUT2D eigenvalue weighted by atomic mass is 10.2. The number of aromatic nitrogens is 1. The monoisotopic (exact) mass is 599 g/mol. The summed E-state index contributed by atoms with van der Waals surface area (Å²) in [4.78, 5) is 28.3. The Balaban J connectivity index is 1.54. The number of methoxy groups -OCH3 is 2. The Bertz CT molecular complexity index is 1750. The van der Waals surface area contributed by atoms with Gasteiger partial charge in [0.2, 0.25) is 0 Å². The number of nitrogens with one attached hydrogen (secondary N) is 2. The lowest BCUT2D eigenvalue weighted by Gasteiger charge is -2.15. The number of benzene rings is 3. The SMILES string of the molecule is COc1cc(S(=O)(=O)Nc2ccccc2F)cc(C(=O)OCC(=O)Nc2nc3c(F)c(F)c(F)cc3s2)c1OC. The summed E-state index contributed by atoms with van der Waals surface area (Å²) < 4.78 is 97.9. The minimum absolute atomic E-state index is 0.0810. The fourth-order valence-corrected chi connectivity index (χ4v) is 5.40. The second-order valence-corrected chi connectivity index (χ2v) is 10.5. The van der Waals surface area contributed by atoms with E-state index in [0.717, 1.165) is 18.2 Å². The van der Waals surface area contributed by atoms with Crippen molar-refractivity contribution in [1.29, 1.82) is 0 Å². The number of anilines is 2. The van der Waals surface area contributed by atoms with E-state index in [9.17, 15) is 35.6 Å². The maximum Gasteiger partial charge on any atom is 0.342 e. The van der Waals surface area contributed by atoms with Gasteiger partial charge in [0.15, 0.2) is 40.7 Å².